The molecule has 0 aliphatic rings. The third kappa shape index (κ3) is 5.64. The molecule has 0 radical (unpaired) electrons. The Kier molecular flexibility index (Phi) is 7.78. The van der Waals surface area contributed by atoms with Gasteiger partial charge in [-0.15, -0.1) is 0 Å². The van der Waals surface area contributed by atoms with Gasteiger partial charge < -0.3 is 9.47 Å². The Bertz CT molecular complexity index is 413. The molecule has 0 spiro atoms. The fourth-order valence-electron chi connectivity index (χ4n) is 2.10. The summed E-state index contributed by atoms with van der Waals surface area (Å²) in [6.45, 7) is 7.37. The van der Waals surface area contributed by atoms with E-state index in [1.807, 2.05) is 25.1 Å². The maximum absolute atomic E-state index is 11.8. The largest absolute Gasteiger partial charge is 0.494 e. The summed E-state index contributed by atoms with van der Waals surface area (Å²) in [5.41, 5.74) is 2.19. The fraction of sp³-hybridized carbons (Fsp3) is 0.588. The Balaban J connectivity index is 2.55. The van der Waals surface area contributed by atoms with Gasteiger partial charge in [-0.3, -0.25) is 4.79 Å². The first-order valence-corrected chi connectivity index (χ1v) is 7.61. The highest BCUT2D eigenvalue weighted by Gasteiger charge is 2.09. The van der Waals surface area contributed by atoms with Gasteiger partial charge in [-0.1, -0.05) is 32.8 Å². The van der Waals surface area contributed by atoms with Crippen LogP contribution in [0.25, 0.3) is 0 Å². The van der Waals surface area contributed by atoms with Crippen LogP contribution in [0.5, 0.6) is 5.75 Å². The number of carbonyl (C=O) groups excluding carboxylic acids is 1. The minimum absolute atomic E-state index is 0.139. The first kappa shape index (κ1) is 16.5. The SMILES string of the molecule is CCCCCOC(=O)Cc1ccc(OCC)cc1CC. The number of rotatable bonds is 9. The number of hydrogen-bond donors (Lipinski definition) is 0. The molecule has 20 heavy (non-hydrogen) atoms. The average Bonchev–Trinajstić information content (AvgIpc) is 2.45. The molecule has 112 valence electrons. The number of carbonyl (C=O) groups is 1. The summed E-state index contributed by atoms with van der Waals surface area (Å²) in [4.78, 5) is 11.8. The molecule has 0 unspecified atom stereocenters. The van der Waals surface area contributed by atoms with Crippen LogP contribution in [0.3, 0.4) is 0 Å². The zero-order valence-electron chi connectivity index (χ0n) is 12.9. The molecule has 0 heterocycles. The molecule has 0 bridgehead atoms. The van der Waals surface area contributed by atoms with Crippen molar-refractivity contribution < 1.29 is 14.3 Å². The smallest absolute Gasteiger partial charge is 0.310 e. The van der Waals surface area contributed by atoms with Gasteiger partial charge in [0.2, 0.25) is 0 Å². The quantitative estimate of drug-likeness (QED) is 0.507. The third-order valence-corrected chi connectivity index (χ3v) is 3.22. The van der Waals surface area contributed by atoms with Crippen molar-refractivity contribution in [2.45, 2.75) is 52.9 Å². The van der Waals surface area contributed by atoms with Crippen molar-refractivity contribution in [3.8, 4) is 5.75 Å². The van der Waals surface area contributed by atoms with E-state index < -0.39 is 0 Å². The molecule has 0 fully saturated rings. The molecule has 0 aliphatic heterocycles. The molecule has 0 amide bonds. The summed E-state index contributed by atoms with van der Waals surface area (Å²) in [5, 5.41) is 0. The fourth-order valence-corrected chi connectivity index (χ4v) is 2.10. The van der Waals surface area contributed by atoms with Crippen molar-refractivity contribution >= 4 is 5.97 Å². The minimum atomic E-state index is -0.139. The second-order valence-corrected chi connectivity index (χ2v) is 4.82. The van der Waals surface area contributed by atoms with E-state index in [2.05, 4.69) is 13.8 Å². The topological polar surface area (TPSA) is 35.5 Å². The van der Waals surface area contributed by atoms with Crippen LogP contribution in [-0.2, 0) is 22.4 Å². The van der Waals surface area contributed by atoms with E-state index >= 15 is 0 Å². The molecule has 0 saturated heterocycles. The Morgan fingerprint density at radius 2 is 1.90 bits per heavy atom. The molecule has 0 N–H and O–H groups in total. The van der Waals surface area contributed by atoms with Crippen molar-refractivity contribution in [1.29, 1.82) is 0 Å². The highest BCUT2D eigenvalue weighted by atomic mass is 16.5. The van der Waals surface area contributed by atoms with E-state index in [4.69, 9.17) is 9.47 Å². The number of benzene rings is 1. The monoisotopic (exact) mass is 278 g/mol. The highest BCUT2D eigenvalue weighted by molar-refractivity contribution is 5.73. The van der Waals surface area contributed by atoms with Crippen LogP contribution in [0, 0.1) is 0 Å². The number of esters is 1. The van der Waals surface area contributed by atoms with Crippen molar-refractivity contribution in [3.63, 3.8) is 0 Å². The lowest BCUT2D eigenvalue weighted by atomic mass is 10.0. The van der Waals surface area contributed by atoms with Crippen LogP contribution in [0.15, 0.2) is 18.2 Å². The van der Waals surface area contributed by atoms with Gasteiger partial charge in [0.1, 0.15) is 5.75 Å². The van der Waals surface area contributed by atoms with E-state index in [9.17, 15) is 4.79 Å². The Morgan fingerprint density at radius 1 is 1.10 bits per heavy atom. The summed E-state index contributed by atoms with van der Waals surface area (Å²) in [6.07, 6.45) is 4.43. The maximum Gasteiger partial charge on any atom is 0.310 e. The predicted molar refractivity (Wildman–Crippen MR) is 81.2 cm³/mol. The summed E-state index contributed by atoms with van der Waals surface area (Å²) in [6, 6.07) is 5.91. The van der Waals surface area contributed by atoms with Gasteiger partial charge in [0, 0.05) is 0 Å². The second kappa shape index (κ2) is 9.40. The van der Waals surface area contributed by atoms with Crippen molar-refractivity contribution in [2.75, 3.05) is 13.2 Å². The molecule has 0 saturated carbocycles. The van der Waals surface area contributed by atoms with Gasteiger partial charge in [-0.2, -0.15) is 0 Å². The molecule has 3 nitrogen and oxygen atoms in total. The maximum atomic E-state index is 11.8. The van der Waals surface area contributed by atoms with E-state index in [-0.39, 0.29) is 5.97 Å². The Hall–Kier alpha value is -1.51. The van der Waals surface area contributed by atoms with E-state index in [0.29, 0.717) is 19.6 Å². The number of aryl methyl sites for hydroxylation is 1. The van der Waals surface area contributed by atoms with Gasteiger partial charge in [0.15, 0.2) is 0 Å². The number of hydrogen-bond acceptors (Lipinski definition) is 3. The van der Waals surface area contributed by atoms with Crippen molar-refractivity contribution in [1.82, 2.24) is 0 Å². The van der Waals surface area contributed by atoms with Crippen LogP contribution < -0.4 is 4.74 Å². The third-order valence-electron chi connectivity index (χ3n) is 3.22. The molecule has 0 aliphatic carbocycles. The van der Waals surface area contributed by atoms with E-state index in [0.717, 1.165) is 42.6 Å². The number of ether oxygens (including phenoxy) is 2. The number of unbranched alkanes of at least 4 members (excludes halogenated alkanes) is 2. The van der Waals surface area contributed by atoms with Crippen LogP contribution in [-0.4, -0.2) is 19.2 Å². The molecule has 3 heteroatoms. The predicted octanol–water partition coefficient (Wildman–Crippen LogP) is 3.92. The lowest BCUT2D eigenvalue weighted by Gasteiger charge is -2.11. The van der Waals surface area contributed by atoms with Crippen LogP contribution in [0.2, 0.25) is 0 Å². The normalized spacial score (nSPS) is 10.3. The molecule has 0 atom stereocenters. The van der Waals surface area contributed by atoms with Crippen LogP contribution in [0.4, 0.5) is 0 Å². The van der Waals surface area contributed by atoms with Gasteiger partial charge in [0.25, 0.3) is 0 Å². The molecular weight excluding hydrogens is 252 g/mol. The minimum Gasteiger partial charge on any atom is -0.494 e. The van der Waals surface area contributed by atoms with Gasteiger partial charge >= 0.3 is 5.97 Å². The summed E-state index contributed by atoms with van der Waals surface area (Å²) < 4.78 is 10.7. The van der Waals surface area contributed by atoms with Gasteiger partial charge in [-0.05, 0) is 43.0 Å². The van der Waals surface area contributed by atoms with Crippen LogP contribution >= 0.6 is 0 Å². The summed E-state index contributed by atoms with van der Waals surface area (Å²) >= 11 is 0. The van der Waals surface area contributed by atoms with Crippen molar-refractivity contribution in [2.24, 2.45) is 0 Å². The van der Waals surface area contributed by atoms with E-state index in [1.54, 1.807) is 0 Å². The zero-order valence-corrected chi connectivity index (χ0v) is 12.9. The Labute approximate surface area is 122 Å². The lowest BCUT2D eigenvalue weighted by Crippen LogP contribution is -2.10. The Morgan fingerprint density at radius 3 is 2.55 bits per heavy atom. The second-order valence-electron chi connectivity index (χ2n) is 4.82. The van der Waals surface area contributed by atoms with Crippen LogP contribution in [0.1, 0.15) is 51.2 Å². The molecule has 1 aromatic rings. The first-order chi connectivity index (χ1) is 9.71. The summed E-state index contributed by atoms with van der Waals surface area (Å²) in [7, 11) is 0. The summed E-state index contributed by atoms with van der Waals surface area (Å²) in [5.74, 6) is 0.726. The standard InChI is InChI=1S/C17H26O3/c1-4-7-8-11-20-17(18)13-15-9-10-16(19-6-3)12-14(15)5-2/h9-10,12H,4-8,11,13H2,1-3H3. The molecule has 0 aromatic heterocycles. The highest BCUT2D eigenvalue weighted by Crippen LogP contribution is 2.19. The molecular formula is C17H26O3. The molecule has 1 rings (SSSR count). The van der Waals surface area contributed by atoms with Gasteiger partial charge in [-0.25, -0.2) is 0 Å². The average molecular weight is 278 g/mol. The van der Waals surface area contributed by atoms with Gasteiger partial charge in [0.05, 0.1) is 19.6 Å². The van der Waals surface area contributed by atoms with E-state index in [1.165, 1.54) is 0 Å². The first-order valence-electron chi connectivity index (χ1n) is 7.61. The van der Waals surface area contributed by atoms with Crippen molar-refractivity contribution in [3.05, 3.63) is 29.3 Å². The lowest BCUT2D eigenvalue weighted by molar-refractivity contribution is -0.142. The molecule has 1 aromatic carbocycles. The zero-order chi connectivity index (χ0) is 14.8.